The van der Waals surface area contributed by atoms with E-state index in [9.17, 15) is 9.59 Å². The van der Waals surface area contributed by atoms with Crippen molar-refractivity contribution in [2.75, 3.05) is 19.6 Å². The lowest BCUT2D eigenvalue weighted by atomic mass is 10.1. The van der Waals surface area contributed by atoms with E-state index in [1.54, 1.807) is 0 Å². The Balaban J connectivity index is 1.49. The summed E-state index contributed by atoms with van der Waals surface area (Å²) in [5.74, 6) is 0.105. The molecular weight excluding hydrogens is 382 g/mol. The summed E-state index contributed by atoms with van der Waals surface area (Å²) in [7, 11) is 0. The van der Waals surface area contributed by atoms with Gasteiger partial charge >= 0.3 is 0 Å². The second kappa shape index (κ2) is 9.01. The van der Waals surface area contributed by atoms with Crippen molar-refractivity contribution in [1.29, 1.82) is 0 Å². The van der Waals surface area contributed by atoms with E-state index in [0.29, 0.717) is 30.1 Å². The highest BCUT2D eigenvalue weighted by Crippen LogP contribution is 2.33. The fraction of sp³-hybridized carbons (Fsp3) is 0.261. The van der Waals surface area contributed by atoms with E-state index in [4.69, 9.17) is 4.98 Å². The number of aromatic nitrogens is 1. The minimum absolute atomic E-state index is 0.115. The van der Waals surface area contributed by atoms with Gasteiger partial charge in [0.05, 0.1) is 5.69 Å². The average Bonchev–Trinajstić information content (AvgIpc) is 3.39. The number of nitrogens with one attached hydrogen (secondary N) is 1. The van der Waals surface area contributed by atoms with Gasteiger partial charge in [-0.25, -0.2) is 4.98 Å². The van der Waals surface area contributed by atoms with Crippen LogP contribution in [0.3, 0.4) is 0 Å². The molecule has 1 aliphatic heterocycles. The summed E-state index contributed by atoms with van der Waals surface area (Å²) in [6.45, 7) is 2.07. The summed E-state index contributed by atoms with van der Waals surface area (Å²) in [4.78, 5) is 31.9. The second-order valence-electron chi connectivity index (χ2n) is 7.02. The highest BCUT2D eigenvalue weighted by atomic mass is 32.1. The maximum Gasteiger partial charge on any atom is 0.263 e. The third kappa shape index (κ3) is 4.54. The van der Waals surface area contributed by atoms with E-state index in [1.807, 2.05) is 65.6 Å². The molecule has 148 valence electrons. The normalized spacial score (nSPS) is 13.7. The molecule has 6 heteroatoms. The van der Waals surface area contributed by atoms with Crippen LogP contribution in [0.15, 0.2) is 60.7 Å². The van der Waals surface area contributed by atoms with Gasteiger partial charge < -0.3 is 10.2 Å². The zero-order valence-electron chi connectivity index (χ0n) is 16.1. The molecule has 0 radical (unpaired) electrons. The van der Waals surface area contributed by atoms with Gasteiger partial charge in [-0.2, -0.15) is 0 Å². The maximum absolute atomic E-state index is 12.9. The van der Waals surface area contributed by atoms with E-state index < -0.39 is 0 Å². The smallest absolute Gasteiger partial charge is 0.263 e. The molecule has 0 spiro atoms. The lowest BCUT2D eigenvalue weighted by Gasteiger charge is -2.15. The summed E-state index contributed by atoms with van der Waals surface area (Å²) in [6.07, 6.45) is 2.34. The van der Waals surface area contributed by atoms with Gasteiger partial charge in [0.2, 0.25) is 5.91 Å². The van der Waals surface area contributed by atoms with Crippen LogP contribution in [0.2, 0.25) is 0 Å². The van der Waals surface area contributed by atoms with Crippen molar-refractivity contribution < 1.29 is 9.59 Å². The van der Waals surface area contributed by atoms with Crippen LogP contribution in [0, 0.1) is 0 Å². The van der Waals surface area contributed by atoms with Gasteiger partial charge in [0, 0.05) is 37.2 Å². The van der Waals surface area contributed by atoms with Gasteiger partial charge in [-0.15, -0.1) is 11.3 Å². The molecule has 0 unspecified atom stereocenters. The first kappa shape index (κ1) is 19.3. The van der Waals surface area contributed by atoms with Crippen molar-refractivity contribution in [2.24, 2.45) is 0 Å². The van der Waals surface area contributed by atoms with Crippen LogP contribution in [0.5, 0.6) is 0 Å². The SMILES string of the molecule is O=C(NCCCN1CCCC1=O)c1sc(-c2ccccc2)nc1-c1ccccc1. The Kier molecular flexibility index (Phi) is 6.00. The number of amides is 2. The number of hydrogen-bond acceptors (Lipinski definition) is 4. The Morgan fingerprint density at radius 1 is 1.03 bits per heavy atom. The number of carbonyl (C=O) groups is 2. The molecule has 29 heavy (non-hydrogen) atoms. The first-order valence-corrected chi connectivity index (χ1v) is 10.7. The summed E-state index contributed by atoms with van der Waals surface area (Å²) in [5.41, 5.74) is 2.64. The Bertz CT molecular complexity index is 986. The molecule has 1 aliphatic rings. The Morgan fingerprint density at radius 2 is 1.72 bits per heavy atom. The summed E-state index contributed by atoms with van der Waals surface area (Å²) < 4.78 is 0. The van der Waals surface area contributed by atoms with Crippen LogP contribution in [-0.2, 0) is 4.79 Å². The fourth-order valence-corrected chi connectivity index (χ4v) is 4.47. The summed E-state index contributed by atoms with van der Waals surface area (Å²) >= 11 is 1.41. The van der Waals surface area contributed by atoms with Crippen molar-refractivity contribution in [3.8, 4) is 21.8 Å². The van der Waals surface area contributed by atoms with Gasteiger partial charge in [0.25, 0.3) is 5.91 Å². The molecule has 5 nitrogen and oxygen atoms in total. The largest absolute Gasteiger partial charge is 0.351 e. The topological polar surface area (TPSA) is 62.3 Å². The predicted molar refractivity (Wildman–Crippen MR) is 116 cm³/mol. The third-order valence-electron chi connectivity index (χ3n) is 4.96. The average molecular weight is 406 g/mol. The van der Waals surface area contributed by atoms with Gasteiger partial charge in [0.1, 0.15) is 9.88 Å². The monoisotopic (exact) mass is 405 g/mol. The first-order chi connectivity index (χ1) is 14.2. The molecule has 1 N–H and O–H groups in total. The van der Waals surface area contributed by atoms with E-state index in [-0.39, 0.29) is 11.8 Å². The van der Waals surface area contributed by atoms with Crippen molar-refractivity contribution >= 4 is 23.2 Å². The van der Waals surface area contributed by atoms with Gasteiger partial charge in [-0.3, -0.25) is 9.59 Å². The van der Waals surface area contributed by atoms with Crippen molar-refractivity contribution in [3.05, 3.63) is 65.5 Å². The van der Waals surface area contributed by atoms with E-state index in [1.165, 1.54) is 11.3 Å². The summed E-state index contributed by atoms with van der Waals surface area (Å²) in [5, 5.41) is 3.84. The molecule has 1 aromatic heterocycles. The molecule has 0 atom stereocenters. The van der Waals surface area contributed by atoms with Gasteiger partial charge in [-0.1, -0.05) is 60.7 Å². The number of likely N-dealkylation sites (tertiary alicyclic amines) is 1. The van der Waals surface area contributed by atoms with E-state index >= 15 is 0 Å². The van der Waals surface area contributed by atoms with Crippen LogP contribution in [0.1, 0.15) is 28.9 Å². The van der Waals surface area contributed by atoms with Crippen molar-refractivity contribution in [1.82, 2.24) is 15.2 Å². The lowest BCUT2D eigenvalue weighted by Crippen LogP contribution is -2.30. The minimum atomic E-state index is -0.115. The molecule has 0 bridgehead atoms. The van der Waals surface area contributed by atoms with Gasteiger partial charge in [0.15, 0.2) is 0 Å². The number of benzene rings is 2. The molecule has 1 fully saturated rings. The number of nitrogens with zero attached hydrogens (tertiary/aromatic N) is 2. The highest BCUT2D eigenvalue weighted by Gasteiger charge is 2.21. The molecular formula is C23H23N3O2S. The Labute approximate surface area is 174 Å². The highest BCUT2D eigenvalue weighted by molar-refractivity contribution is 7.17. The number of rotatable bonds is 7. The van der Waals surface area contributed by atoms with Crippen molar-refractivity contribution in [3.63, 3.8) is 0 Å². The molecule has 1 saturated heterocycles. The summed E-state index contributed by atoms with van der Waals surface area (Å²) in [6, 6.07) is 19.7. The van der Waals surface area contributed by atoms with Crippen LogP contribution in [-0.4, -0.2) is 41.3 Å². The minimum Gasteiger partial charge on any atom is -0.351 e. The molecule has 2 amide bonds. The molecule has 0 saturated carbocycles. The molecule has 0 aliphatic carbocycles. The van der Waals surface area contributed by atoms with Crippen molar-refractivity contribution in [2.45, 2.75) is 19.3 Å². The van der Waals surface area contributed by atoms with Crippen LogP contribution < -0.4 is 5.32 Å². The van der Waals surface area contributed by atoms with Gasteiger partial charge in [-0.05, 0) is 12.8 Å². The number of hydrogen-bond donors (Lipinski definition) is 1. The number of thiazole rings is 1. The standard InChI is InChI=1S/C23H23N3O2S/c27-19-13-7-15-26(19)16-8-14-24-22(28)21-20(17-9-3-1-4-10-17)25-23(29-21)18-11-5-2-6-12-18/h1-6,9-12H,7-8,13-16H2,(H,24,28). The zero-order valence-corrected chi connectivity index (χ0v) is 17.0. The predicted octanol–water partition coefficient (Wildman–Crippen LogP) is 4.22. The maximum atomic E-state index is 12.9. The van der Waals surface area contributed by atoms with Crippen LogP contribution in [0.4, 0.5) is 0 Å². The quantitative estimate of drug-likeness (QED) is 0.599. The van der Waals surface area contributed by atoms with E-state index in [2.05, 4.69) is 5.32 Å². The number of carbonyl (C=O) groups excluding carboxylic acids is 2. The molecule has 4 rings (SSSR count). The van der Waals surface area contributed by atoms with Crippen LogP contribution in [0.25, 0.3) is 21.8 Å². The first-order valence-electron chi connectivity index (χ1n) is 9.90. The Hall–Kier alpha value is -2.99. The molecule has 3 aromatic rings. The fourth-order valence-electron chi connectivity index (χ4n) is 3.46. The lowest BCUT2D eigenvalue weighted by molar-refractivity contribution is -0.127. The zero-order chi connectivity index (χ0) is 20.1. The second-order valence-corrected chi connectivity index (χ2v) is 8.02. The molecule has 2 aromatic carbocycles. The van der Waals surface area contributed by atoms with E-state index in [0.717, 1.165) is 35.5 Å². The van der Waals surface area contributed by atoms with Crippen LogP contribution >= 0.6 is 11.3 Å². The third-order valence-corrected chi connectivity index (χ3v) is 6.07. The molecule has 2 heterocycles. The Morgan fingerprint density at radius 3 is 2.38 bits per heavy atom.